The van der Waals surface area contributed by atoms with Crippen LogP contribution in [0.15, 0.2) is 46.9 Å². The molecular formula is C20H23BrN2O2. The second kappa shape index (κ2) is 8.02. The Labute approximate surface area is 157 Å². The van der Waals surface area contributed by atoms with Gasteiger partial charge in [-0.1, -0.05) is 18.2 Å². The topological polar surface area (TPSA) is 41.6 Å². The van der Waals surface area contributed by atoms with E-state index in [-0.39, 0.29) is 11.9 Å². The molecular weight excluding hydrogens is 380 g/mol. The van der Waals surface area contributed by atoms with Crippen LogP contribution >= 0.6 is 15.9 Å². The Balaban J connectivity index is 1.65. The minimum Gasteiger partial charge on any atom is -0.497 e. The van der Waals surface area contributed by atoms with Gasteiger partial charge in [0, 0.05) is 10.5 Å². The van der Waals surface area contributed by atoms with Crippen LogP contribution < -0.4 is 10.1 Å². The number of aryl methyl sites for hydroxylation is 1. The van der Waals surface area contributed by atoms with Gasteiger partial charge < -0.3 is 10.1 Å². The Morgan fingerprint density at radius 3 is 2.72 bits per heavy atom. The van der Waals surface area contributed by atoms with Crippen LogP contribution in [0.1, 0.15) is 30.0 Å². The van der Waals surface area contributed by atoms with Gasteiger partial charge in [0.1, 0.15) is 5.75 Å². The van der Waals surface area contributed by atoms with Gasteiger partial charge >= 0.3 is 0 Å². The van der Waals surface area contributed by atoms with E-state index in [0.29, 0.717) is 6.54 Å². The predicted molar refractivity (Wildman–Crippen MR) is 104 cm³/mol. The van der Waals surface area contributed by atoms with Crippen LogP contribution in [0.5, 0.6) is 5.75 Å². The summed E-state index contributed by atoms with van der Waals surface area (Å²) < 4.78 is 6.14. The Kier molecular flexibility index (Phi) is 5.76. The first-order valence-electron chi connectivity index (χ1n) is 8.51. The predicted octanol–water partition coefficient (Wildman–Crippen LogP) is 4.54. The fraction of sp³-hybridized carbons (Fsp3) is 0.350. The van der Waals surface area contributed by atoms with E-state index in [1.54, 1.807) is 7.11 Å². The number of anilines is 1. The van der Waals surface area contributed by atoms with Crippen LogP contribution in [0.2, 0.25) is 0 Å². The minimum absolute atomic E-state index is 0.0185. The van der Waals surface area contributed by atoms with E-state index >= 15 is 0 Å². The third-order valence-corrected chi connectivity index (χ3v) is 5.27. The zero-order valence-electron chi connectivity index (χ0n) is 14.6. The molecule has 1 unspecified atom stereocenters. The number of ether oxygens (including phenoxy) is 1. The van der Waals surface area contributed by atoms with Crippen LogP contribution in [0, 0.1) is 6.92 Å². The molecule has 25 heavy (non-hydrogen) atoms. The molecule has 0 aliphatic carbocycles. The first-order valence-corrected chi connectivity index (χ1v) is 9.30. The molecule has 5 heteroatoms. The summed E-state index contributed by atoms with van der Waals surface area (Å²) in [6.07, 6.45) is 2.19. The number of hydrogen-bond donors (Lipinski definition) is 1. The number of carbonyl (C=O) groups is 1. The lowest BCUT2D eigenvalue weighted by Gasteiger charge is -2.24. The molecule has 1 amide bonds. The van der Waals surface area contributed by atoms with Gasteiger partial charge in [0.15, 0.2) is 0 Å². The summed E-state index contributed by atoms with van der Waals surface area (Å²) in [6, 6.07) is 14.4. The van der Waals surface area contributed by atoms with Crippen molar-refractivity contribution in [3.63, 3.8) is 0 Å². The van der Waals surface area contributed by atoms with Gasteiger partial charge in [-0.2, -0.15) is 0 Å². The summed E-state index contributed by atoms with van der Waals surface area (Å²) in [5.74, 6) is 0.875. The van der Waals surface area contributed by atoms with Crippen molar-refractivity contribution >= 4 is 27.5 Å². The van der Waals surface area contributed by atoms with E-state index in [1.807, 2.05) is 37.3 Å². The molecule has 0 spiro atoms. The number of methoxy groups -OCH3 is 1. The van der Waals surface area contributed by atoms with Crippen molar-refractivity contribution < 1.29 is 9.53 Å². The number of likely N-dealkylation sites (tertiary alicyclic amines) is 1. The molecule has 0 aromatic heterocycles. The Morgan fingerprint density at radius 1 is 1.28 bits per heavy atom. The van der Waals surface area contributed by atoms with Crippen LogP contribution in [0.4, 0.5) is 5.69 Å². The molecule has 2 aromatic rings. The normalized spacial score (nSPS) is 17.5. The number of nitrogens with one attached hydrogen (secondary N) is 1. The van der Waals surface area contributed by atoms with E-state index in [4.69, 9.17) is 4.74 Å². The second-order valence-electron chi connectivity index (χ2n) is 6.43. The van der Waals surface area contributed by atoms with Crippen molar-refractivity contribution in [2.75, 3.05) is 25.5 Å². The number of amides is 1. The maximum atomic E-state index is 12.5. The van der Waals surface area contributed by atoms with E-state index in [1.165, 1.54) is 5.56 Å². The fourth-order valence-electron chi connectivity index (χ4n) is 3.31. The van der Waals surface area contributed by atoms with Crippen molar-refractivity contribution in [2.24, 2.45) is 0 Å². The average Bonchev–Trinajstić information content (AvgIpc) is 3.05. The second-order valence-corrected chi connectivity index (χ2v) is 7.29. The SMILES string of the molecule is COc1ccc(C2CCCN2CC(=O)Nc2ccc(C)cc2Br)cc1. The summed E-state index contributed by atoms with van der Waals surface area (Å²) in [5.41, 5.74) is 3.21. The lowest BCUT2D eigenvalue weighted by Crippen LogP contribution is -2.33. The summed E-state index contributed by atoms with van der Waals surface area (Å²) in [6.45, 7) is 3.37. The molecule has 3 rings (SSSR count). The van der Waals surface area contributed by atoms with Crippen molar-refractivity contribution in [3.05, 3.63) is 58.1 Å². The van der Waals surface area contributed by atoms with E-state index in [0.717, 1.165) is 40.9 Å². The molecule has 1 heterocycles. The Bertz CT molecular complexity index is 746. The molecule has 0 radical (unpaired) electrons. The summed E-state index contributed by atoms with van der Waals surface area (Å²) in [7, 11) is 1.67. The number of hydrogen-bond acceptors (Lipinski definition) is 3. The highest BCUT2D eigenvalue weighted by molar-refractivity contribution is 9.10. The van der Waals surface area contributed by atoms with Gasteiger partial charge in [0.2, 0.25) is 5.91 Å². The summed E-state index contributed by atoms with van der Waals surface area (Å²) >= 11 is 3.51. The minimum atomic E-state index is 0.0185. The molecule has 132 valence electrons. The number of nitrogens with zero attached hydrogens (tertiary/aromatic N) is 1. The number of benzene rings is 2. The molecule has 1 fully saturated rings. The third kappa shape index (κ3) is 4.41. The van der Waals surface area contributed by atoms with Crippen molar-refractivity contribution in [1.82, 2.24) is 4.90 Å². The van der Waals surface area contributed by atoms with Gasteiger partial charge in [-0.25, -0.2) is 0 Å². The highest BCUT2D eigenvalue weighted by Gasteiger charge is 2.27. The van der Waals surface area contributed by atoms with Crippen LogP contribution in [0.25, 0.3) is 0 Å². The number of rotatable bonds is 5. The van der Waals surface area contributed by atoms with Crippen molar-refractivity contribution in [3.8, 4) is 5.75 Å². The van der Waals surface area contributed by atoms with E-state index in [9.17, 15) is 4.79 Å². The van der Waals surface area contributed by atoms with Gasteiger partial charge in [-0.15, -0.1) is 0 Å². The molecule has 4 nitrogen and oxygen atoms in total. The van der Waals surface area contributed by atoms with Crippen LogP contribution in [-0.4, -0.2) is 31.0 Å². The van der Waals surface area contributed by atoms with Crippen molar-refractivity contribution in [2.45, 2.75) is 25.8 Å². The van der Waals surface area contributed by atoms with Gasteiger partial charge in [0.05, 0.1) is 19.3 Å². The number of halogens is 1. The van der Waals surface area contributed by atoms with Gasteiger partial charge in [-0.3, -0.25) is 9.69 Å². The highest BCUT2D eigenvalue weighted by Crippen LogP contribution is 2.32. The standard InChI is InChI=1S/C20H23BrN2O2/c1-14-5-10-18(17(21)12-14)22-20(24)13-23-11-3-4-19(23)15-6-8-16(25-2)9-7-15/h5-10,12,19H,3-4,11,13H2,1-2H3,(H,22,24). The van der Waals surface area contributed by atoms with Crippen LogP contribution in [-0.2, 0) is 4.79 Å². The average molecular weight is 403 g/mol. The lowest BCUT2D eigenvalue weighted by molar-refractivity contribution is -0.117. The molecule has 0 bridgehead atoms. The maximum Gasteiger partial charge on any atom is 0.238 e. The zero-order valence-corrected chi connectivity index (χ0v) is 16.2. The zero-order chi connectivity index (χ0) is 17.8. The molecule has 2 aromatic carbocycles. The molecule has 1 aliphatic heterocycles. The van der Waals surface area contributed by atoms with E-state index < -0.39 is 0 Å². The first kappa shape index (κ1) is 18.0. The molecule has 1 aliphatic rings. The highest BCUT2D eigenvalue weighted by atomic mass is 79.9. The maximum absolute atomic E-state index is 12.5. The van der Waals surface area contributed by atoms with Crippen molar-refractivity contribution in [1.29, 1.82) is 0 Å². The molecule has 1 atom stereocenters. The fourth-order valence-corrected chi connectivity index (χ4v) is 3.91. The van der Waals surface area contributed by atoms with Gasteiger partial charge in [0.25, 0.3) is 0 Å². The quantitative estimate of drug-likeness (QED) is 0.797. The summed E-state index contributed by atoms with van der Waals surface area (Å²) in [5, 5.41) is 3.01. The Hall–Kier alpha value is -1.85. The first-order chi connectivity index (χ1) is 12.1. The molecule has 1 N–H and O–H groups in total. The molecule has 0 saturated carbocycles. The molecule has 1 saturated heterocycles. The lowest BCUT2D eigenvalue weighted by atomic mass is 10.0. The smallest absolute Gasteiger partial charge is 0.238 e. The third-order valence-electron chi connectivity index (χ3n) is 4.61. The monoisotopic (exact) mass is 402 g/mol. The van der Waals surface area contributed by atoms with E-state index in [2.05, 4.69) is 38.3 Å². The Morgan fingerprint density at radius 2 is 2.04 bits per heavy atom. The van der Waals surface area contributed by atoms with Crippen LogP contribution in [0.3, 0.4) is 0 Å². The largest absolute Gasteiger partial charge is 0.497 e. The van der Waals surface area contributed by atoms with Gasteiger partial charge in [-0.05, 0) is 77.6 Å². The number of carbonyl (C=O) groups excluding carboxylic acids is 1. The summed E-state index contributed by atoms with van der Waals surface area (Å²) in [4.78, 5) is 14.7.